The van der Waals surface area contributed by atoms with Crippen molar-refractivity contribution in [2.75, 3.05) is 20.2 Å². The molecule has 1 aromatic carbocycles. The summed E-state index contributed by atoms with van der Waals surface area (Å²) < 4.78 is 7.28. The highest BCUT2D eigenvalue weighted by Crippen LogP contribution is 2.25. The topological polar surface area (TPSA) is 129 Å². The SMILES string of the molecule is COc1ccc(CN2C[C@@H](Cc3cc(C)[nH]n3)[C@@H](O)C2)cc1Cn1cncn1.O=CO. The maximum absolute atomic E-state index is 10.5. The van der Waals surface area contributed by atoms with Crippen LogP contribution in [0.1, 0.15) is 22.5 Å². The van der Waals surface area contributed by atoms with Gasteiger partial charge in [0.25, 0.3) is 6.47 Å². The average molecular weight is 428 g/mol. The van der Waals surface area contributed by atoms with Gasteiger partial charge in [-0.05, 0) is 37.1 Å². The van der Waals surface area contributed by atoms with E-state index in [1.807, 2.05) is 13.0 Å². The maximum atomic E-state index is 10.5. The molecular formula is C21H28N6O4. The van der Waals surface area contributed by atoms with Crippen molar-refractivity contribution in [1.82, 2.24) is 29.9 Å². The van der Waals surface area contributed by atoms with Crippen LogP contribution in [0.5, 0.6) is 5.75 Å². The van der Waals surface area contributed by atoms with E-state index in [-0.39, 0.29) is 18.5 Å². The van der Waals surface area contributed by atoms with Crippen molar-refractivity contribution in [3.05, 3.63) is 59.4 Å². The third-order valence-corrected chi connectivity index (χ3v) is 5.26. The molecule has 1 aliphatic heterocycles. The second kappa shape index (κ2) is 10.7. The number of aryl methyl sites for hydroxylation is 1. The lowest BCUT2D eigenvalue weighted by Crippen LogP contribution is -2.21. The highest BCUT2D eigenvalue weighted by atomic mass is 16.5. The molecule has 31 heavy (non-hydrogen) atoms. The Hall–Kier alpha value is -3.24. The Kier molecular flexibility index (Phi) is 7.74. The molecule has 1 saturated heterocycles. The molecule has 0 bridgehead atoms. The van der Waals surface area contributed by atoms with Crippen molar-refractivity contribution < 1.29 is 19.7 Å². The number of rotatable bonds is 7. The molecular weight excluding hydrogens is 400 g/mol. The summed E-state index contributed by atoms with van der Waals surface area (Å²) in [5.74, 6) is 1.04. The Labute approximate surface area is 180 Å². The van der Waals surface area contributed by atoms with Crippen molar-refractivity contribution in [3.63, 3.8) is 0 Å². The van der Waals surface area contributed by atoms with Gasteiger partial charge < -0.3 is 14.9 Å². The third kappa shape index (κ3) is 6.12. The van der Waals surface area contributed by atoms with Crippen LogP contribution in [0.15, 0.2) is 36.9 Å². The largest absolute Gasteiger partial charge is 0.496 e. The fourth-order valence-electron chi connectivity index (χ4n) is 3.92. The van der Waals surface area contributed by atoms with E-state index in [0.29, 0.717) is 13.1 Å². The minimum Gasteiger partial charge on any atom is -0.496 e. The Morgan fingerprint density at radius 2 is 2.10 bits per heavy atom. The molecule has 2 aromatic heterocycles. The predicted octanol–water partition coefficient (Wildman–Crippen LogP) is 1.10. The van der Waals surface area contributed by atoms with Gasteiger partial charge in [0.2, 0.25) is 0 Å². The summed E-state index contributed by atoms with van der Waals surface area (Å²) in [6.07, 6.45) is 3.69. The lowest BCUT2D eigenvalue weighted by Gasteiger charge is -2.17. The average Bonchev–Trinajstić information content (AvgIpc) is 3.46. The Balaban J connectivity index is 0.000000858. The summed E-state index contributed by atoms with van der Waals surface area (Å²) in [7, 11) is 1.68. The molecule has 3 heterocycles. The third-order valence-electron chi connectivity index (χ3n) is 5.26. The van der Waals surface area contributed by atoms with Crippen molar-refractivity contribution in [2.45, 2.75) is 32.5 Å². The van der Waals surface area contributed by atoms with Crippen molar-refractivity contribution in [1.29, 1.82) is 0 Å². The zero-order chi connectivity index (χ0) is 22.2. The number of methoxy groups -OCH3 is 1. The molecule has 2 atom stereocenters. The van der Waals surface area contributed by atoms with Gasteiger partial charge in [0, 0.05) is 36.8 Å². The first-order valence-corrected chi connectivity index (χ1v) is 9.99. The summed E-state index contributed by atoms with van der Waals surface area (Å²) in [4.78, 5) is 14.7. The van der Waals surface area contributed by atoms with Crippen LogP contribution in [0.4, 0.5) is 0 Å². The van der Waals surface area contributed by atoms with Crippen molar-refractivity contribution in [3.8, 4) is 5.75 Å². The first-order valence-electron chi connectivity index (χ1n) is 9.99. The molecule has 166 valence electrons. The number of hydrogen-bond acceptors (Lipinski definition) is 7. The number of carboxylic acid groups (broad SMARTS) is 1. The number of likely N-dealkylation sites (tertiary alicyclic amines) is 1. The number of β-amino-alcohol motifs (C(OH)–C–C–N with tert-alkyl or cyclic N) is 1. The quantitative estimate of drug-likeness (QED) is 0.477. The van der Waals surface area contributed by atoms with E-state index < -0.39 is 0 Å². The number of aromatic amines is 1. The molecule has 0 spiro atoms. The molecule has 10 heteroatoms. The molecule has 1 fully saturated rings. The van der Waals surface area contributed by atoms with Gasteiger partial charge in [-0.1, -0.05) is 6.07 Å². The minimum absolute atomic E-state index is 0.204. The molecule has 0 unspecified atom stereocenters. The molecule has 0 amide bonds. The normalized spacial score (nSPS) is 18.4. The number of carbonyl (C=O) groups is 1. The number of hydrogen-bond donors (Lipinski definition) is 3. The van der Waals surface area contributed by atoms with Crippen LogP contribution < -0.4 is 4.74 Å². The van der Waals surface area contributed by atoms with E-state index in [1.54, 1.807) is 18.1 Å². The van der Waals surface area contributed by atoms with Gasteiger partial charge in [0.15, 0.2) is 0 Å². The summed E-state index contributed by atoms with van der Waals surface area (Å²) in [5, 5.41) is 28.8. The first-order chi connectivity index (χ1) is 15.0. The number of aromatic nitrogens is 5. The number of H-pyrrole nitrogens is 1. The number of benzene rings is 1. The summed E-state index contributed by atoms with van der Waals surface area (Å²) in [5.41, 5.74) is 4.33. The smallest absolute Gasteiger partial charge is 0.290 e. The molecule has 4 rings (SSSR count). The van der Waals surface area contributed by atoms with E-state index in [0.717, 1.165) is 42.2 Å². The van der Waals surface area contributed by atoms with Crippen molar-refractivity contribution in [2.24, 2.45) is 5.92 Å². The standard InChI is InChI=1S/C20H26N6O2.CH2O2/c1-14-5-18(24-23-14)7-16-9-25(11-19(16)27)8-15-3-4-20(28-2)17(6-15)10-26-13-21-12-22-26;2-1-3/h3-6,12-13,16,19,27H,7-11H2,1-2H3,(H,23,24);1H,(H,2,3)/t16-,19+;/m1./s1. The van der Waals surface area contributed by atoms with Gasteiger partial charge >= 0.3 is 0 Å². The minimum atomic E-state index is -0.329. The number of ether oxygens (including phenoxy) is 1. The van der Waals surface area contributed by atoms with E-state index in [9.17, 15) is 5.11 Å². The zero-order valence-corrected chi connectivity index (χ0v) is 17.7. The lowest BCUT2D eigenvalue weighted by molar-refractivity contribution is -0.122. The van der Waals surface area contributed by atoms with E-state index in [2.05, 4.69) is 43.4 Å². The zero-order valence-electron chi connectivity index (χ0n) is 17.7. The van der Waals surface area contributed by atoms with E-state index >= 15 is 0 Å². The highest BCUT2D eigenvalue weighted by Gasteiger charge is 2.31. The van der Waals surface area contributed by atoms with Crippen molar-refractivity contribution >= 4 is 6.47 Å². The molecule has 0 radical (unpaired) electrons. The Morgan fingerprint density at radius 1 is 1.29 bits per heavy atom. The maximum Gasteiger partial charge on any atom is 0.290 e. The van der Waals surface area contributed by atoms with Gasteiger partial charge in [-0.2, -0.15) is 10.2 Å². The van der Waals surface area contributed by atoms with Crippen LogP contribution in [-0.2, 0) is 24.3 Å². The van der Waals surface area contributed by atoms with Gasteiger partial charge in [-0.3, -0.25) is 14.8 Å². The molecule has 0 saturated carbocycles. The molecule has 0 aliphatic carbocycles. The predicted molar refractivity (Wildman–Crippen MR) is 113 cm³/mol. The van der Waals surface area contributed by atoms with Crippen LogP contribution >= 0.6 is 0 Å². The van der Waals surface area contributed by atoms with Crippen LogP contribution in [0.2, 0.25) is 0 Å². The summed E-state index contributed by atoms with van der Waals surface area (Å²) in [6.45, 7) is 4.69. The lowest BCUT2D eigenvalue weighted by atomic mass is 10.0. The fraction of sp³-hybridized carbons (Fsp3) is 0.429. The Bertz CT molecular complexity index is 959. The van der Waals surface area contributed by atoms with Gasteiger partial charge in [-0.25, -0.2) is 9.67 Å². The molecule has 3 aromatic rings. The van der Waals surface area contributed by atoms with Gasteiger partial charge in [0.1, 0.15) is 18.4 Å². The molecule has 1 aliphatic rings. The van der Waals surface area contributed by atoms with Crippen LogP contribution in [-0.4, -0.2) is 72.9 Å². The number of nitrogens with one attached hydrogen (secondary N) is 1. The van der Waals surface area contributed by atoms with Gasteiger partial charge in [0.05, 0.1) is 25.5 Å². The van der Waals surface area contributed by atoms with Crippen LogP contribution in [0.25, 0.3) is 0 Å². The monoisotopic (exact) mass is 428 g/mol. The molecule has 3 N–H and O–H groups in total. The molecule has 10 nitrogen and oxygen atoms in total. The number of aliphatic hydroxyl groups excluding tert-OH is 1. The fourth-order valence-corrected chi connectivity index (χ4v) is 3.92. The van der Waals surface area contributed by atoms with E-state index in [4.69, 9.17) is 14.6 Å². The van der Waals surface area contributed by atoms with Crippen LogP contribution in [0.3, 0.4) is 0 Å². The summed E-state index contributed by atoms with van der Waals surface area (Å²) >= 11 is 0. The highest BCUT2D eigenvalue weighted by molar-refractivity contribution is 5.37. The second-order valence-corrected chi connectivity index (χ2v) is 7.61. The van der Waals surface area contributed by atoms with Gasteiger partial charge in [-0.15, -0.1) is 0 Å². The first kappa shape index (κ1) is 22.4. The van der Waals surface area contributed by atoms with Crippen LogP contribution in [0, 0.1) is 12.8 Å². The van der Waals surface area contributed by atoms with E-state index in [1.165, 1.54) is 11.9 Å². The second-order valence-electron chi connectivity index (χ2n) is 7.61. The number of nitrogens with zero attached hydrogens (tertiary/aromatic N) is 5. The number of aliphatic hydroxyl groups is 1. The summed E-state index contributed by atoms with van der Waals surface area (Å²) in [6, 6.07) is 8.28. The Morgan fingerprint density at radius 3 is 2.74 bits per heavy atom.